The summed E-state index contributed by atoms with van der Waals surface area (Å²) in [6, 6.07) is 0.171. The minimum Gasteiger partial charge on any atom is -0.362 e. The van der Waals surface area contributed by atoms with Crippen molar-refractivity contribution in [2.45, 2.75) is 39.2 Å². The van der Waals surface area contributed by atoms with E-state index in [0.717, 1.165) is 19.3 Å². The number of aromatic amines is 2. The molecule has 0 radical (unpaired) electrons. The van der Waals surface area contributed by atoms with Gasteiger partial charge in [-0.25, -0.2) is 9.89 Å². The molecular weight excluding hydrogens is 196 g/mol. The summed E-state index contributed by atoms with van der Waals surface area (Å²) in [6.45, 7) is 4.08. The van der Waals surface area contributed by atoms with E-state index in [4.69, 9.17) is 0 Å². The second-order valence-electron chi connectivity index (χ2n) is 3.54. The van der Waals surface area contributed by atoms with Gasteiger partial charge in [-0.2, -0.15) is 0 Å². The van der Waals surface area contributed by atoms with Crippen molar-refractivity contribution in [3.63, 3.8) is 0 Å². The lowest BCUT2D eigenvalue weighted by Gasteiger charge is -2.12. The predicted octanol–water partition coefficient (Wildman–Crippen LogP) is 0.449. The molecule has 1 atom stereocenters. The first kappa shape index (κ1) is 11.5. The maximum absolute atomic E-state index is 11.2. The first-order valence-electron chi connectivity index (χ1n) is 5.09. The average molecular weight is 212 g/mol. The highest BCUT2D eigenvalue weighted by molar-refractivity contribution is 5.29. The highest BCUT2D eigenvalue weighted by atomic mass is 16.2. The van der Waals surface area contributed by atoms with E-state index in [1.807, 2.05) is 6.92 Å². The molecule has 1 heterocycles. The van der Waals surface area contributed by atoms with E-state index in [9.17, 15) is 9.59 Å². The lowest BCUT2D eigenvalue weighted by Crippen LogP contribution is -2.29. The molecule has 6 nitrogen and oxygen atoms in total. The molecule has 0 aliphatic heterocycles. The molecule has 0 aromatic carbocycles. The summed E-state index contributed by atoms with van der Waals surface area (Å²) >= 11 is 0. The average Bonchev–Trinajstić information content (AvgIpc) is 2.19. The van der Waals surface area contributed by atoms with Crippen LogP contribution >= 0.6 is 0 Å². The lowest BCUT2D eigenvalue weighted by molar-refractivity contribution is 0.639. The molecule has 0 aliphatic rings. The fraction of sp³-hybridized carbons (Fsp3) is 0.667. The number of nitrogens with one attached hydrogen (secondary N) is 3. The SMILES string of the molecule is CCCCC(C)Nc1n[nH]c(=O)[nH]c1=O. The van der Waals surface area contributed by atoms with Crippen molar-refractivity contribution in [1.82, 2.24) is 15.2 Å². The molecule has 84 valence electrons. The molecule has 1 aromatic rings. The van der Waals surface area contributed by atoms with Gasteiger partial charge in [-0.05, 0) is 13.3 Å². The van der Waals surface area contributed by atoms with Gasteiger partial charge in [-0.3, -0.25) is 9.78 Å². The van der Waals surface area contributed by atoms with Crippen LogP contribution in [0, 0.1) is 0 Å². The standard InChI is InChI=1S/C9H16N4O2/c1-3-4-5-6(2)10-7-8(14)11-9(15)13-12-7/h6H,3-5H2,1-2H3,(H,10,12)(H2,11,13,14,15). The third kappa shape index (κ3) is 3.57. The van der Waals surface area contributed by atoms with Gasteiger partial charge in [0.05, 0.1) is 0 Å². The van der Waals surface area contributed by atoms with E-state index < -0.39 is 11.2 Å². The molecule has 0 aliphatic carbocycles. The summed E-state index contributed by atoms with van der Waals surface area (Å²) in [4.78, 5) is 24.1. The van der Waals surface area contributed by atoms with Crippen LogP contribution in [0.1, 0.15) is 33.1 Å². The van der Waals surface area contributed by atoms with Crippen LogP contribution in [-0.2, 0) is 0 Å². The van der Waals surface area contributed by atoms with Crippen LogP contribution in [0.3, 0.4) is 0 Å². The zero-order chi connectivity index (χ0) is 11.3. The smallest absolute Gasteiger partial charge is 0.342 e. The summed E-state index contributed by atoms with van der Waals surface area (Å²) in [6.07, 6.45) is 3.17. The van der Waals surface area contributed by atoms with Crippen LogP contribution < -0.4 is 16.6 Å². The Morgan fingerprint density at radius 2 is 2.20 bits per heavy atom. The topological polar surface area (TPSA) is 90.6 Å². The fourth-order valence-corrected chi connectivity index (χ4v) is 1.26. The van der Waals surface area contributed by atoms with E-state index >= 15 is 0 Å². The van der Waals surface area contributed by atoms with Gasteiger partial charge < -0.3 is 5.32 Å². The van der Waals surface area contributed by atoms with Gasteiger partial charge in [0.2, 0.25) is 5.82 Å². The van der Waals surface area contributed by atoms with Crippen molar-refractivity contribution in [3.05, 3.63) is 20.8 Å². The van der Waals surface area contributed by atoms with E-state index in [1.165, 1.54) is 0 Å². The monoisotopic (exact) mass is 212 g/mol. The Morgan fingerprint density at radius 3 is 2.80 bits per heavy atom. The molecular formula is C9H16N4O2. The summed E-state index contributed by atoms with van der Waals surface area (Å²) in [5.41, 5.74) is -1.08. The van der Waals surface area contributed by atoms with E-state index in [-0.39, 0.29) is 11.9 Å². The molecule has 0 bridgehead atoms. The molecule has 1 aromatic heterocycles. The molecule has 3 N–H and O–H groups in total. The van der Waals surface area contributed by atoms with Crippen LogP contribution in [-0.4, -0.2) is 21.2 Å². The fourth-order valence-electron chi connectivity index (χ4n) is 1.26. The minimum atomic E-state index is -0.591. The zero-order valence-corrected chi connectivity index (χ0v) is 8.96. The maximum atomic E-state index is 11.2. The molecule has 6 heteroatoms. The summed E-state index contributed by atoms with van der Waals surface area (Å²) in [5, 5.41) is 8.76. The number of nitrogens with zero attached hydrogens (tertiary/aromatic N) is 1. The summed E-state index contributed by atoms with van der Waals surface area (Å²) in [7, 11) is 0. The molecule has 0 saturated carbocycles. The number of aromatic nitrogens is 3. The first-order chi connectivity index (χ1) is 7.13. The third-order valence-electron chi connectivity index (χ3n) is 2.09. The Kier molecular flexibility index (Phi) is 4.08. The van der Waals surface area contributed by atoms with Gasteiger partial charge in [0.1, 0.15) is 0 Å². The number of unbranched alkanes of at least 4 members (excludes halogenated alkanes) is 1. The van der Waals surface area contributed by atoms with Crippen molar-refractivity contribution in [2.24, 2.45) is 0 Å². The molecule has 0 fully saturated rings. The van der Waals surface area contributed by atoms with Gasteiger partial charge in [0.25, 0.3) is 5.56 Å². The van der Waals surface area contributed by atoms with Crippen molar-refractivity contribution >= 4 is 5.82 Å². The van der Waals surface area contributed by atoms with Crippen LogP contribution in [0.5, 0.6) is 0 Å². The van der Waals surface area contributed by atoms with Crippen molar-refractivity contribution in [2.75, 3.05) is 5.32 Å². The number of hydrogen-bond donors (Lipinski definition) is 3. The van der Waals surface area contributed by atoms with Gasteiger partial charge in [-0.15, -0.1) is 5.10 Å². The van der Waals surface area contributed by atoms with E-state index in [1.54, 1.807) is 0 Å². The molecule has 1 rings (SSSR count). The van der Waals surface area contributed by atoms with Crippen LogP contribution in [0.15, 0.2) is 9.59 Å². The lowest BCUT2D eigenvalue weighted by atomic mass is 10.1. The van der Waals surface area contributed by atoms with Crippen molar-refractivity contribution in [1.29, 1.82) is 0 Å². The van der Waals surface area contributed by atoms with Gasteiger partial charge in [0.15, 0.2) is 0 Å². The zero-order valence-electron chi connectivity index (χ0n) is 8.96. The highest BCUT2D eigenvalue weighted by Gasteiger charge is 2.06. The molecule has 0 saturated heterocycles. The number of H-pyrrole nitrogens is 2. The first-order valence-corrected chi connectivity index (χ1v) is 5.09. The second-order valence-corrected chi connectivity index (χ2v) is 3.54. The second kappa shape index (κ2) is 5.33. The normalized spacial score (nSPS) is 12.4. The maximum Gasteiger partial charge on any atom is 0.342 e. The molecule has 0 spiro atoms. The van der Waals surface area contributed by atoms with E-state index in [2.05, 4.69) is 27.4 Å². The summed E-state index contributed by atoms with van der Waals surface area (Å²) < 4.78 is 0. The number of hydrogen-bond acceptors (Lipinski definition) is 4. The van der Waals surface area contributed by atoms with Gasteiger partial charge >= 0.3 is 5.69 Å². The number of rotatable bonds is 5. The summed E-state index contributed by atoms with van der Waals surface area (Å²) in [5.74, 6) is 0.165. The Bertz CT molecular complexity index is 409. The van der Waals surface area contributed by atoms with Crippen molar-refractivity contribution < 1.29 is 0 Å². The minimum absolute atomic E-state index is 0.165. The third-order valence-corrected chi connectivity index (χ3v) is 2.09. The Hall–Kier alpha value is -1.59. The van der Waals surface area contributed by atoms with Crippen molar-refractivity contribution in [3.8, 4) is 0 Å². The van der Waals surface area contributed by atoms with Crippen LogP contribution in [0.25, 0.3) is 0 Å². The van der Waals surface area contributed by atoms with Crippen LogP contribution in [0.2, 0.25) is 0 Å². The highest BCUT2D eigenvalue weighted by Crippen LogP contribution is 2.03. The van der Waals surface area contributed by atoms with Gasteiger partial charge in [0, 0.05) is 6.04 Å². The molecule has 15 heavy (non-hydrogen) atoms. The predicted molar refractivity (Wildman–Crippen MR) is 58.1 cm³/mol. The molecule has 1 unspecified atom stereocenters. The van der Waals surface area contributed by atoms with E-state index in [0.29, 0.717) is 0 Å². The number of anilines is 1. The quantitative estimate of drug-likeness (QED) is 0.661. The Morgan fingerprint density at radius 1 is 1.47 bits per heavy atom. The van der Waals surface area contributed by atoms with Crippen LogP contribution in [0.4, 0.5) is 5.82 Å². The Labute approximate surface area is 87.1 Å². The van der Waals surface area contributed by atoms with Gasteiger partial charge in [-0.1, -0.05) is 19.8 Å². The largest absolute Gasteiger partial charge is 0.362 e. The molecule has 0 amide bonds. The Balaban J connectivity index is 2.64.